The molecule has 0 amide bonds. The van der Waals surface area contributed by atoms with Crippen molar-refractivity contribution in [3.05, 3.63) is 59.7 Å². The maximum Gasteiger partial charge on any atom is 0.244 e. The molecule has 0 saturated heterocycles. The molecule has 6 heteroatoms. The highest BCUT2D eigenvalue weighted by atomic mass is 32.2. The van der Waals surface area contributed by atoms with Gasteiger partial charge in [0.15, 0.2) is 0 Å². The average molecular weight is 333 g/mol. The fourth-order valence-electron chi connectivity index (χ4n) is 2.98. The quantitative estimate of drug-likeness (QED) is 0.875. The molecule has 2 aromatic carbocycles. The van der Waals surface area contributed by atoms with Gasteiger partial charge in [0.2, 0.25) is 10.0 Å². The van der Waals surface area contributed by atoms with E-state index < -0.39 is 15.6 Å². The van der Waals surface area contributed by atoms with Crippen LogP contribution in [0.5, 0.6) is 5.75 Å². The molecule has 1 aliphatic carbocycles. The zero-order valence-corrected chi connectivity index (χ0v) is 13.6. The first-order valence-electron chi connectivity index (χ1n) is 7.40. The van der Waals surface area contributed by atoms with Gasteiger partial charge in [-0.15, -0.1) is 0 Å². The van der Waals surface area contributed by atoms with Gasteiger partial charge in [-0.3, -0.25) is 0 Å². The Hall–Kier alpha value is -1.89. The van der Waals surface area contributed by atoms with E-state index in [1.807, 2.05) is 24.3 Å². The molecule has 0 heterocycles. The smallest absolute Gasteiger partial charge is 0.244 e. The number of rotatable bonds is 5. The molecular weight excluding hydrogens is 314 g/mol. The summed E-state index contributed by atoms with van der Waals surface area (Å²) in [5, 5.41) is 10.8. The van der Waals surface area contributed by atoms with E-state index in [1.54, 1.807) is 18.2 Å². The number of aliphatic hydroxyl groups is 1. The van der Waals surface area contributed by atoms with Crippen LogP contribution in [0.25, 0.3) is 0 Å². The molecule has 0 saturated carbocycles. The Morgan fingerprint density at radius 2 is 1.87 bits per heavy atom. The number of fused-ring (bicyclic) bond motifs is 1. The van der Waals surface area contributed by atoms with Gasteiger partial charge >= 0.3 is 0 Å². The second kappa shape index (κ2) is 5.96. The zero-order valence-electron chi connectivity index (χ0n) is 12.8. The third-order valence-corrected chi connectivity index (χ3v) is 5.68. The molecule has 0 fully saturated rings. The first-order chi connectivity index (χ1) is 11.0. The van der Waals surface area contributed by atoms with Crippen LogP contribution in [0.1, 0.15) is 17.5 Å². The minimum atomic E-state index is -3.77. The topological polar surface area (TPSA) is 75.6 Å². The molecule has 5 nitrogen and oxygen atoms in total. The van der Waals surface area contributed by atoms with Gasteiger partial charge in [0.05, 0.1) is 7.11 Å². The summed E-state index contributed by atoms with van der Waals surface area (Å²) in [5.41, 5.74) is 0.681. The molecule has 2 aromatic rings. The lowest BCUT2D eigenvalue weighted by molar-refractivity contribution is 0.0442. The second-order valence-electron chi connectivity index (χ2n) is 5.66. The Balaban J connectivity index is 1.83. The van der Waals surface area contributed by atoms with E-state index in [0.717, 1.165) is 17.5 Å². The molecular formula is C17H19NO4S. The van der Waals surface area contributed by atoms with Crippen LogP contribution in [-0.2, 0) is 22.0 Å². The first kappa shape index (κ1) is 16.0. The Kier molecular flexibility index (Phi) is 4.14. The molecule has 1 unspecified atom stereocenters. The fraction of sp³-hybridized carbons (Fsp3) is 0.294. The van der Waals surface area contributed by atoms with E-state index in [1.165, 1.54) is 13.2 Å². The molecule has 1 atom stereocenters. The monoisotopic (exact) mass is 333 g/mol. The molecule has 0 aliphatic heterocycles. The molecule has 1 aliphatic rings. The summed E-state index contributed by atoms with van der Waals surface area (Å²) in [6.45, 7) is -0.0651. The van der Waals surface area contributed by atoms with Crippen molar-refractivity contribution < 1.29 is 18.3 Å². The van der Waals surface area contributed by atoms with E-state index in [2.05, 4.69) is 4.72 Å². The molecule has 122 valence electrons. The van der Waals surface area contributed by atoms with Gasteiger partial charge in [-0.25, -0.2) is 13.1 Å². The highest BCUT2D eigenvalue weighted by Crippen LogP contribution is 2.36. The van der Waals surface area contributed by atoms with Crippen LogP contribution in [0.3, 0.4) is 0 Å². The minimum absolute atomic E-state index is 0.0651. The summed E-state index contributed by atoms with van der Waals surface area (Å²) in [4.78, 5) is 0.0670. The van der Waals surface area contributed by atoms with Crippen LogP contribution in [0.4, 0.5) is 0 Å². The maximum atomic E-state index is 12.5. The van der Waals surface area contributed by atoms with Gasteiger partial charge in [0.25, 0.3) is 0 Å². The van der Waals surface area contributed by atoms with Crippen LogP contribution in [0.2, 0.25) is 0 Å². The largest absolute Gasteiger partial charge is 0.495 e. The van der Waals surface area contributed by atoms with Crippen molar-refractivity contribution in [1.29, 1.82) is 0 Å². The SMILES string of the molecule is COc1ccccc1S(=O)(=O)NCC1(O)CCc2ccccc21. The predicted octanol–water partition coefficient (Wildman–Crippen LogP) is 1.81. The van der Waals surface area contributed by atoms with Gasteiger partial charge in [0, 0.05) is 6.54 Å². The Morgan fingerprint density at radius 3 is 2.65 bits per heavy atom. The summed E-state index contributed by atoms with van der Waals surface area (Å²) in [7, 11) is -2.34. The molecule has 3 rings (SSSR count). The third kappa shape index (κ3) is 2.97. The van der Waals surface area contributed by atoms with Gasteiger partial charge < -0.3 is 9.84 Å². The predicted molar refractivity (Wildman–Crippen MR) is 86.8 cm³/mol. The number of nitrogens with one attached hydrogen (secondary N) is 1. The standard InChI is InChI=1S/C17H19NO4S/c1-22-15-8-4-5-9-16(15)23(20,21)18-12-17(19)11-10-13-6-2-3-7-14(13)17/h2-9,18-19H,10-12H2,1H3. The van der Waals surface area contributed by atoms with Crippen molar-refractivity contribution in [3.8, 4) is 5.75 Å². The number of hydrogen-bond donors (Lipinski definition) is 2. The summed E-state index contributed by atoms with van der Waals surface area (Å²) in [6.07, 6.45) is 1.24. The van der Waals surface area contributed by atoms with Crippen LogP contribution in [0.15, 0.2) is 53.4 Å². The van der Waals surface area contributed by atoms with Crippen molar-refractivity contribution in [2.24, 2.45) is 0 Å². The van der Waals surface area contributed by atoms with E-state index in [0.29, 0.717) is 6.42 Å². The van der Waals surface area contributed by atoms with Crippen molar-refractivity contribution >= 4 is 10.0 Å². The normalized spacial score (nSPS) is 20.3. The molecule has 2 N–H and O–H groups in total. The average Bonchev–Trinajstić information content (AvgIpc) is 2.91. The lowest BCUT2D eigenvalue weighted by Crippen LogP contribution is -2.39. The van der Waals surface area contributed by atoms with Crippen molar-refractivity contribution in [2.45, 2.75) is 23.3 Å². The van der Waals surface area contributed by atoms with E-state index in [4.69, 9.17) is 4.74 Å². The van der Waals surface area contributed by atoms with Crippen LogP contribution in [0, 0.1) is 0 Å². The summed E-state index contributed by atoms with van der Waals surface area (Å²) in [6, 6.07) is 14.0. The number of methoxy groups -OCH3 is 1. The number of hydrogen-bond acceptors (Lipinski definition) is 4. The zero-order chi connectivity index (χ0) is 16.5. The van der Waals surface area contributed by atoms with Crippen LogP contribution < -0.4 is 9.46 Å². The van der Waals surface area contributed by atoms with E-state index in [-0.39, 0.29) is 17.2 Å². The van der Waals surface area contributed by atoms with Crippen LogP contribution >= 0.6 is 0 Å². The Labute approximate surface area is 136 Å². The molecule has 0 radical (unpaired) electrons. The summed E-state index contributed by atoms with van der Waals surface area (Å²) in [5.74, 6) is 0.277. The summed E-state index contributed by atoms with van der Waals surface area (Å²) < 4.78 is 32.7. The van der Waals surface area contributed by atoms with E-state index in [9.17, 15) is 13.5 Å². The summed E-state index contributed by atoms with van der Waals surface area (Å²) >= 11 is 0. The lowest BCUT2D eigenvalue weighted by Gasteiger charge is -2.24. The molecule has 0 spiro atoms. The molecule has 0 bridgehead atoms. The van der Waals surface area contributed by atoms with Crippen molar-refractivity contribution in [2.75, 3.05) is 13.7 Å². The van der Waals surface area contributed by atoms with Crippen molar-refractivity contribution in [1.82, 2.24) is 4.72 Å². The second-order valence-corrected chi connectivity index (χ2v) is 7.40. The third-order valence-electron chi connectivity index (χ3n) is 4.24. The minimum Gasteiger partial charge on any atom is -0.495 e. The molecule has 23 heavy (non-hydrogen) atoms. The van der Waals surface area contributed by atoms with Crippen molar-refractivity contribution in [3.63, 3.8) is 0 Å². The number of sulfonamides is 1. The van der Waals surface area contributed by atoms with Crippen LogP contribution in [-0.4, -0.2) is 27.2 Å². The fourth-order valence-corrected chi connectivity index (χ4v) is 4.24. The Morgan fingerprint density at radius 1 is 1.17 bits per heavy atom. The van der Waals surface area contributed by atoms with Gasteiger partial charge in [-0.2, -0.15) is 0 Å². The number of aryl methyl sites for hydroxylation is 1. The molecule has 0 aromatic heterocycles. The maximum absolute atomic E-state index is 12.5. The Bertz CT molecular complexity index is 819. The highest BCUT2D eigenvalue weighted by Gasteiger charge is 2.37. The van der Waals surface area contributed by atoms with Gasteiger partial charge in [-0.1, -0.05) is 36.4 Å². The van der Waals surface area contributed by atoms with Gasteiger partial charge in [-0.05, 0) is 36.1 Å². The first-order valence-corrected chi connectivity index (χ1v) is 8.88. The van der Waals surface area contributed by atoms with E-state index >= 15 is 0 Å². The number of ether oxygens (including phenoxy) is 1. The van der Waals surface area contributed by atoms with Gasteiger partial charge in [0.1, 0.15) is 16.2 Å². The number of benzene rings is 2. The number of para-hydroxylation sites is 1. The highest BCUT2D eigenvalue weighted by molar-refractivity contribution is 7.89. The lowest BCUT2D eigenvalue weighted by atomic mass is 9.96.